The maximum atomic E-state index is 13.3. The first kappa shape index (κ1) is 22.6. The van der Waals surface area contributed by atoms with Gasteiger partial charge in [-0.1, -0.05) is 29.8 Å². The smallest absolute Gasteiger partial charge is 0.161 e. The molecule has 36 heavy (non-hydrogen) atoms. The van der Waals surface area contributed by atoms with Crippen LogP contribution in [-0.2, 0) is 11.3 Å². The molecular formula is C28H22ClN5OS. The number of benzene rings is 2. The Morgan fingerprint density at radius 3 is 2.86 bits per heavy atom. The summed E-state index contributed by atoms with van der Waals surface area (Å²) >= 11 is 7.83. The number of carbonyl (C=O) groups excluding carboxylic acids is 1. The second-order valence-electron chi connectivity index (χ2n) is 9.01. The zero-order valence-corrected chi connectivity index (χ0v) is 20.9. The monoisotopic (exact) mass is 511 g/mol. The number of para-hydroxylation sites is 2. The van der Waals surface area contributed by atoms with Crippen LogP contribution in [0, 0.1) is 11.3 Å². The van der Waals surface area contributed by atoms with Gasteiger partial charge in [0, 0.05) is 39.8 Å². The van der Waals surface area contributed by atoms with Crippen LogP contribution in [0.15, 0.2) is 89.0 Å². The van der Waals surface area contributed by atoms with E-state index in [1.807, 2.05) is 47.6 Å². The number of nitriles is 1. The average Bonchev–Trinajstić information content (AvgIpc) is 3.51. The van der Waals surface area contributed by atoms with E-state index in [4.69, 9.17) is 17.3 Å². The van der Waals surface area contributed by atoms with Crippen LogP contribution in [0.4, 0.5) is 5.69 Å². The minimum atomic E-state index is -0.466. The zero-order chi connectivity index (χ0) is 24.8. The lowest BCUT2D eigenvalue weighted by Crippen LogP contribution is -2.38. The molecule has 0 fully saturated rings. The number of hydrogen-bond donors (Lipinski definition) is 1. The van der Waals surface area contributed by atoms with E-state index < -0.39 is 5.92 Å². The molecule has 3 heterocycles. The van der Waals surface area contributed by atoms with Gasteiger partial charge in [0.15, 0.2) is 5.78 Å². The second-order valence-corrected chi connectivity index (χ2v) is 10.4. The second kappa shape index (κ2) is 8.98. The van der Waals surface area contributed by atoms with Gasteiger partial charge in [0.25, 0.3) is 0 Å². The molecule has 6 nitrogen and oxygen atoms in total. The SMILES string of the molecule is N#CC1=C(N)N(c2cccc(Cl)c2)C2=C(C(=O)CCC2)C1c1cc(Cn2cnc3ccccc32)cs1. The van der Waals surface area contributed by atoms with Gasteiger partial charge in [-0.15, -0.1) is 11.3 Å². The standard InChI is InChI=1S/C28H22ClN5OS/c29-18-5-3-6-19(12-18)34-23-9-4-10-24(35)27(23)26(20(13-30)28(34)31)25-11-17(15-36-25)14-33-16-32-21-7-1-2-8-22(21)33/h1-3,5-8,11-12,15-16,26H,4,9-10,14,31H2. The van der Waals surface area contributed by atoms with Crippen LogP contribution < -0.4 is 10.6 Å². The number of ketones is 1. The number of rotatable bonds is 4. The molecule has 6 rings (SSSR count). The highest BCUT2D eigenvalue weighted by atomic mass is 35.5. The van der Waals surface area contributed by atoms with Crippen LogP contribution in [0.5, 0.6) is 0 Å². The highest BCUT2D eigenvalue weighted by Gasteiger charge is 2.40. The highest BCUT2D eigenvalue weighted by Crippen LogP contribution is 2.47. The number of Topliss-reactive ketones (excluding diaryl/α,β-unsaturated/α-hetero) is 1. The Kier molecular flexibility index (Phi) is 5.63. The van der Waals surface area contributed by atoms with Gasteiger partial charge in [0.1, 0.15) is 5.82 Å². The van der Waals surface area contributed by atoms with Crippen LogP contribution in [-0.4, -0.2) is 15.3 Å². The Bertz CT molecular complexity index is 1620. The number of hydrogen-bond acceptors (Lipinski definition) is 6. The summed E-state index contributed by atoms with van der Waals surface area (Å²) in [6.07, 6.45) is 3.77. The van der Waals surface area contributed by atoms with Crippen molar-refractivity contribution in [1.29, 1.82) is 5.26 Å². The predicted molar refractivity (Wildman–Crippen MR) is 143 cm³/mol. The van der Waals surface area contributed by atoms with Crippen LogP contribution in [0.2, 0.25) is 5.02 Å². The number of allylic oxidation sites excluding steroid dienone is 3. The Hall–Kier alpha value is -3.86. The van der Waals surface area contributed by atoms with Crippen LogP contribution in [0.25, 0.3) is 11.0 Å². The molecule has 2 aliphatic rings. The molecule has 178 valence electrons. The lowest BCUT2D eigenvalue weighted by Gasteiger charge is -2.39. The van der Waals surface area contributed by atoms with Crippen LogP contribution in [0.3, 0.4) is 0 Å². The number of thiophene rings is 1. The van der Waals surface area contributed by atoms with Crippen molar-refractivity contribution in [1.82, 2.24) is 9.55 Å². The summed E-state index contributed by atoms with van der Waals surface area (Å²) in [6.45, 7) is 0.652. The summed E-state index contributed by atoms with van der Waals surface area (Å²) in [5, 5.41) is 12.9. The van der Waals surface area contributed by atoms with Crippen molar-refractivity contribution in [2.75, 3.05) is 4.90 Å². The Labute approximate surface area is 217 Å². The molecule has 1 aliphatic heterocycles. The number of aromatic nitrogens is 2. The van der Waals surface area contributed by atoms with Crippen molar-refractivity contribution in [3.05, 3.63) is 104 Å². The molecule has 0 saturated carbocycles. The minimum absolute atomic E-state index is 0.0732. The normalized spacial score (nSPS) is 18.1. The van der Waals surface area contributed by atoms with E-state index in [0.29, 0.717) is 41.4 Å². The molecule has 8 heteroatoms. The summed E-state index contributed by atoms with van der Waals surface area (Å²) < 4.78 is 2.11. The van der Waals surface area contributed by atoms with E-state index >= 15 is 0 Å². The lowest BCUT2D eigenvalue weighted by molar-refractivity contribution is -0.116. The van der Waals surface area contributed by atoms with Gasteiger partial charge < -0.3 is 10.3 Å². The van der Waals surface area contributed by atoms with Gasteiger partial charge in [-0.25, -0.2) is 4.98 Å². The quantitative estimate of drug-likeness (QED) is 0.357. The topological polar surface area (TPSA) is 87.9 Å². The van der Waals surface area contributed by atoms with E-state index in [-0.39, 0.29) is 5.78 Å². The van der Waals surface area contributed by atoms with Gasteiger partial charge in [0.05, 0.1) is 34.9 Å². The minimum Gasteiger partial charge on any atom is -0.384 e. The summed E-state index contributed by atoms with van der Waals surface area (Å²) in [5.74, 6) is -0.0376. The molecule has 0 radical (unpaired) electrons. The number of halogens is 1. The Morgan fingerprint density at radius 1 is 1.17 bits per heavy atom. The third-order valence-electron chi connectivity index (χ3n) is 6.82. The summed E-state index contributed by atoms with van der Waals surface area (Å²) in [4.78, 5) is 20.6. The van der Waals surface area contributed by atoms with Gasteiger partial charge in [-0.2, -0.15) is 5.26 Å². The van der Waals surface area contributed by atoms with Gasteiger partial charge in [-0.3, -0.25) is 9.69 Å². The number of carbonyl (C=O) groups is 1. The largest absolute Gasteiger partial charge is 0.384 e. The molecule has 0 bridgehead atoms. The van der Waals surface area contributed by atoms with Crippen molar-refractivity contribution in [3.8, 4) is 6.07 Å². The molecule has 1 aliphatic carbocycles. The van der Waals surface area contributed by atoms with Crippen molar-refractivity contribution in [2.24, 2.45) is 5.73 Å². The van der Waals surface area contributed by atoms with Crippen molar-refractivity contribution < 1.29 is 4.79 Å². The maximum absolute atomic E-state index is 13.3. The number of nitrogens with two attached hydrogens (primary N) is 1. The molecule has 0 saturated heterocycles. The van der Waals surface area contributed by atoms with E-state index in [9.17, 15) is 10.1 Å². The predicted octanol–water partition coefficient (Wildman–Crippen LogP) is 6.10. The first-order valence-corrected chi connectivity index (χ1v) is 13.0. The third kappa shape index (κ3) is 3.70. The molecule has 2 aromatic heterocycles. The molecule has 1 unspecified atom stereocenters. The summed E-state index contributed by atoms with van der Waals surface area (Å²) in [6, 6.07) is 19.8. The van der Waals surface area contributed by atoms with E-state index in [1.54, 1.807) is 17.4 Å². The Balaban J connectivity index is 1.43. The molecule has 1 atom stereocenters. The number of nitrogens with zero attached hydrogens (tertiary/aromatic N) is 4. The fourth-order valence-corrected chi connectivity index (χ4v) is 6.45. The molecule has 0 amide bonds. The first-order chi connectivity index (χ1) is 17.5. The summed E-state index contributed by atoms with van der Waals surface area (Å²) in [5.41, 5.74) is 12.5. The van der Waals surface area contributed by atoms with Gasteiger partial charge in [-0.05, 0) is 60.2 Å². The van der Waals surface area contributed by atoms with E-state index in [0.717, 1.165) is 39.3 Å². The fraction of sp³-hybridized carbons (Fsp3) is 0.179. The number of imidazole rings is 1. The first-order valence-electron chi connectivity index (χ1n) is 11.7. The third-order valence-corrected chi connectivity index (χ3v) is 8.10. The number of fused-ring (bicyclic) bond motifs is 1. The Morgan fingerprint density at radius 2 is 2.03 bits per heavy atom. The molecular weight excluding hydrogens is 490 g/mol. The zero-order valence-electron chi connectivity index (χ0n) is 19.3. The number of anilines is 1. The van der Waals surface area contributed by atoms with E-state index in [2.05, 4.69) is 33.1 Å². The van der Waals surface area contributed by atoms with Crippen LogP contribution >= 0.6 is 22.9 Å². The van der Waals surface area contributed by atoms with E-state index in [1.165, 1.54) is 0 Å². The van der Waals surface area contributed by atoms with Gasteiger partial charge in [0.2, 0.25) is 0 Å². The van der Waals surface area contributed by atoms with Gasteiger partial charge >= 0.3 is 0 Å². The molecule has 0 spiro atoms. The van der Waals surface area contributed by atoms with Crippen molar-refractivity contribution in [2.45, 2.75) is 31.7 Å². The molecule has 4 aromatic rings. The highest BCUT2D eigenvalue weighted by molar-refractivity contribution is 7.10. The fourth-order valence-electron chi connectivity index (χ4n) is 5.24. The molecule has 2 N–H and O–H groups in total. The maximum Gasteiger partial charge on any atom is 0.161 e. The lowest BCUT2D eigenvalue weighted by atomic mass is 9.78. The van der Waals surface area contributed by atoms with Crippen molar-refractivity contribution >= 4 is 45.4 Å². The van der Waals surface area contributed by atoms with Crippen LogP contribution in [0.1, 0.15) is 35.6 Å². The van der Waals surface area contributed by atoms with Crippen molar-refractivity contribution in [3.63, 3.8) is 0 Å². The average molecular weight is 512 g/mol. The molecule has 2 aromatic carbocycles. The summed E-state index contributed by atoms with van der Waals surface area (Å²) in [7, 11) is 0.